The molecule has 1 atom stereocenters. The second kappa shape index (κ2) is 6.28. The second-order valence-electron chi connectivity index (χ2n) is 3.82. The average Bonchev–Trinajstić information content (AvgIpc) is 2.28. The quantitative estimate of drug-likeness (QED) is 0.772. The van der Waals surface area contributed by atoms with E-state index in [9.17, 15) is 4.79 Å². The third kappa shape index (κ3) is 3.66. The summed E-state index contributed by atoms with van der Waals surface area (Å²) >= 11 is 0. The second-order valence-corrected chi connectivity index (χ2v) is 3.82. The molecule has 0 radical (unpaired) electrons. The van der Waals surface area contributed by atoms with Crippen LogP contribution in [0.5, 0.6) is 0 Å². The Balaban J connectivity index is 2.46. The molecule has 0 aliphatic rings. The van der Waals surface area contributed by atoms with Gasteiger partial charge in [-0.1, -0.05) is 24.3 Å². The number of ether oxygens (including phenoxy) is 1. The number of hydrogen-bond acceptors (Lipinski definition) is 3. The highest BCUT2D eigenvalue weighted by atomic mass is 16.5. The first-order valence-electron chi connectivity index (χ1n) is 5.62. The molecule has 0 heterocycles. The molecule has 1 aromatic rings. The summed E-state index contributed by atoms with van der Waals surface area (Å²) < 4.78 is 4.86. The van der Waals surface area contributed by atoms with E-state index in [-0.39, 0.29) is 5.97 Å². The van der Waals surface area contributed by atoms with Crippen molar-refractivity contribution in [3.8, 4) is 0 Å². The maximum Gasteiger partial charge on any atom is 0.322 e. The molecule has 0 spiro atoms. The van der Waals surface area contributed by atoms with Crippen LogP contribution in [-0.2, 0) is 16.0 Å². The summed E-state index contributed by atoms with van der Waals surface area (Å²) in [6.07, 6.45) is 1.44. The Morgan fingerprint density at radius 3 is 2.75 bits per heavy atom. The number of carbonyl (C=O) groups excluding carboxylic acids is 1. The van der Waals surface area contributed by atoms with Crippen molar-refractivity contribution in [1.29, 1.82) is 0 Å². The lowest BCUT2D eigenvalue weighted by molar-refractivity contribution is -0.144. The van der Waals surface area contributed by atoms with E-state index in [4.69, 9.17) is 10.5 Å². The monoisotopic (exact) mass is 221 g/mol. The Bertz CT molecular complexity index is 350. The summed E-state index contributed by atoms with van der Waals surface area (Å²) in [5.74, 6) is -0.309. The van der Waals surface area contributed by atoms with Gasteiger partial charge in [-0.15, -0.1) is 0 Å². The fourth-order valence-electron chi connectivity index (χ4n) is 1.57. The number of hydrogen-bond donors (Lipinski definition) is 1. The van der Waals surface area contributed by atoms with Gasteiger partial charge in [0, 0.05) is 0 Å². The lowest BCUT2D eigenvalue weighted by Crippen LogP contribution is -2.32. The van der Waals surface area contributed by atoms with Crippen LogP contribution in [0.2, 0.25) is 0 Å². The summed E-state index contributed by atoms with van der Waals surface area (Å²) in [6.45, 7) is 4.23. The highest BCUT2D eigenvalue weighted by Gasteiger charge is 2.14. The molecule has 0 aromatic heterocycles. The molecule has 3 heteroatoms. The van der Waals surface area contributed by atoms with Gasteiger partial charge in [0.1, 0.15) is 6.04 Å². The molecule has 0 aliphatic heterocycles. The van der Waals surface area contributed by atoms with Gasteiger partial charge in [-0.2, -0.15) is 0 Å². The van der Waals surface area contributed by atoms with Gasteiger partial charge in [0.2, 0.25) is 0 Å². The van der Waals surface area contributed by atoms with Gasteiger partial charge < -0.3 is 10.5 Å². The molecule has 1 unspecified atom stereocenters. The number of esters is 1. The number of benzene rings is 1. The normalized spacial score (nSPS) is 12.2. The third-order valence-corrected chi connectivity index (χ3v) is 2.58. The molecule has 1 rings (SSSR count). The van der Waals surface area contributed by atoms with Crippen LogP contribution in [-0.4, -0.2) is 18.6 Å². The highest BCUT2D eigenvalue weighted by Crippen LogP contribution is 2.10. The molecule has 0 aliphatic carbocycles. The van der Waals surface area contributed by atoms with Crippen molar-refractivity contribution in [3.05, 3.63) is 35.4 Å². The smallest absolute Gasteiger partial charge is 0.322 e. The van der Waals surface area contributed by atoms with Crippen molar-refractivity contribution in [1.82, 2.24) is 0 Å². The minimum atomic E-state index is -0.514. The molecule has 2 N–H and O–H groups in total. The molecule has 1 aromatic carbocycles. The Morgan fingerprint density at radius 2 is 2.12 bits per heavy atom. The zero-order valence-corrected chi connectivity index (χ0v) is 9.90. The Morgan fingerprint density at radius 1 is 1.44 bits per heavy atom. The SMILES string of the molecule is CCOC(=O)C(N)CCc1ccccc1C. The van der Waals surface area contributed by atoms with E-state index >= 15 is 0 Å². The van der Waals surface area contributed by atoms with Gasteiger partial charge in [-0.3, -0.25) is 4.79 Å². The van der Waals surface area contributed by atoms with Gasteiger partial charge in [-0.25, -0.2) is 0 Å². The van der Waals surface area contributed by atoms with E-state index in [1.165, 1.54) is 11.1 Å². The highest BCUT2D eigenvalue weighted by molar-refractivity contribution is 5.75. The van der Waals surface area contributed by atoms with E-state index in [1.807, 2.05) is 12.1 Å². The molecule has 0 amide bonds. The number of nitrogens with two attached hydrogens (primary N) is 1. The van der Waals surface area contributed by atoms with Crippen LogP contribution in [0.3, 0.4) is 0 Å². The summed E-state index contributed by atoms with van der Waals surface area (Å²) in [4.78, 5) is 11.3. The molecule has 3 nitrogen and oxygen atoms in total. The molecular formula is C13H19NO2. The van der Waals surface area contributed by atoms with E-state index in [1.54, 1.807) is 6.92 Å². The van der Waals surface area contributed by atoms with E-state index in [2.05, 4.69) is 19.1 Å². The maximum absolute atomic E-state index is 11.3. The van der Waals surface area contributed by atoms with Crippen LogP contribution in [0.25, 0.3) is 0 Å². The largest absolute Gasteiger partial charge is 0.465 e. The van der Waals surface area contributed by atoms with Crippen molar-refractivity contribution in [2.75, 3.05) is 6.61 Å². The van der Waals surface area contributed by atoms with Crippen molar-refractivity contribution in [3.63, 3.8) is 0 Å². The maximum atomic E-state index is 11.3. The molecule has 88 valence electrons. The average molecular weight is 221 g/mol. The van der Waals surface area contributed by atoms with Gasteiger partial charge in [0.15, 0.2) is 0 Å². The van der Waals surface area contributed by atoms with Crippen LogP contribution in [0.1, 0.15) is 24.5 Å². The van der Waals surface area contributed by atoms with Crippen LogP contribution in [0.4, 0.5) is 0 Å². The molecular weight excluding hydrogens is 202 g/mol. The van der Waals surface area contributed by atoms with Crippen molar-refractivity contribution < 1.29 is 9.53 Å². The van der Waals surface area contributed by atoms with Crippen LogP contribution in [0, 0.1) is 6.92 Å². The minimum absolute atomic E-state index is 0.309. The molecule has 0 saturated heterocycles. The van der Waals surface area contributed by atoms with Gasteiger partial charge in [-0.05, 0) is 37.8 Å². The van der Waals surface area contributed by atoms with Gasteiger partial charge in [0.05, 0.1) is 6.61 Å². The summed E-state index contributed by atoms with van der Waals surface area (Å²) in [5, 5.41) is 0. The van der Waals surface area contributed by atoms with Crippen molar-refractivity contribution >= 4 is 5.97 Å². The summed E-state index contributed by atoms with van der Waals surface area (Å²) in [5.41, 5.74) is 8.20. The predicted molar refractivity (Wildman–Crippen MR) is 64.1 cm³/mol. The molecule has 0 bridgehead atoms. The van der Waals surface area contributed by atoms with E-state index in [0.717, 1.165) is 6.42 Å². The summed E-state index contributed by atoms with van der Waals surface area (Å²) in [7, 11) is 0. The first-order valence-corrected chi connectivity index (χ1v) is 5.62. The number of aryl methyl sites for hydroxylation is 2. The number of rotatable bonds is 5. The Kier molecular flexibility index (Phi) is 4.99. The van der Waals surface area contributed by atoms with Crippen molar-refractivity contribution in [2.24, 2.45) is 5.73 Å². The zero-order valence-electron chi connectivity index (χ0n) is 9.90. The summed E-state index contributed by atoms with van der Waals surface area (Å²) in [6, 6.07) is 7.61. The van der Waals surface area contributed by atoms with Gasteiger partial charge in [0.25, 0.3) is 0 Å². The minimum Gasteiger partial charge on any atom is -0.465 e. The molecule has 16 heavy (non-hydrogen) atoms. The van der Waals surface area contributed by atoms with Crippen LogP contribution < -0.4 is 5.73 Å². The first kappa shape index (κ1) is 12.7. The molecule has 0 fully saturated rings. The first-order chi connectivity index (χ1) is 7.65. The third-order valence-electron chi connectivity index (χ3n) is 2.58. The molecule has 0 saturated carbocycles. The Hall–Kier alpha value is -1.35. The standard InChI is InChI=1S/C13H19NO2/c1-3-16-13(15)12(14)9-8-11-7-5-4-6-10(11)2/h4-7,12H,3,8-9,14H2,1-2H3. The number of carbonyl (C=O) groups is 1. The Labute approximate surface area is 96.6 Å². The van der Waals surface area contributed by atoms with Crippen LogP contribution >= 0.6 is 0 Å². The van der Waals surface area contributed by atoms with E-state index in [0.29, 0.717) is 13.0 Å². The fraction of sp³-hybridized carbons (Fsp3) is 0.462. The van der Waals surface area contributed by atoms with Gasteiger partial charge >= 0.3 is 5.97 Å². The van der Waals surface area contributed by atoms with Crippen molar-refractivity contribution in [2.45, 2.75) is 32.7 Å². The lowest BCUT2D eigenvalue weighted by atomic mass is 10.0. The lowest BCUT2D eigenvalue weighted by Gasteiger charge is -2.11. The fourth-order valence-corrected chi connectivity index (χ4v) is 1.57. The topological polar surface area (TPSA) is 52.3 Å². The zero-order chi connectivity index (χ0) is 12.0. The predicted octanol–water partition coefficient (Wildman–Crippen LogP) is 1.82. The van der Waals surface area contributed by atoms with E-state index < -0.39 is 6.04 Å². The van der Waals surface area contributed by atoms with Crippen LogP contribution in [0.15, 0.2) is 24.3 Å².